The fourth-order valence-corrected chi connectivity index (χ4v) is 2.76. The Balaban J connectivity index is 1.82. The van der Waals surface area contributed by atoms with Crippen LogP contribution in [-0.4, -0.2) is 24.4 Å². The number of rotatable bonds is 3. The number of aryl methyl sites for hydroxylation is 1. The van der Waals surface area contributed by atoms with Gasteiger partial charge in [0.15, 0.2) is 0 Å². The van der Waals surface area contributed by atoms with E-state index in [1.54, 1.807) is 6.92 Å². The average molecular weight is 394 g/mol. The van der Waals surface area contributed by atoms with Crippen molar-refractivity contribution in [3.05, 3.63) is 58.6 Å². The van der Waals surface area contributed by atoms with E-state index >= 15 is 0 Å². The molecular formula is C18H14ClF2N3O3. The summed E-state index contributed by atoms with van der Waals surface area (Å²) in [5, 5.41) is 4.61. The molecule has 1 heterocycles. The quantitative estimate of drug-likeness (QED) is 0.786. The predicted molar refractivity (Wildman–Crippen MR) is 95.6 cm³/mol. The SMILES string of the molecule is Cc1ccc(NC(=O)C2CNC(=O)N(c3ccc(F)c(Cl)c3)C2=O)cc1F. The molecule has 27 heavy (non-hydrogen) atoms. The van der Waals surface area contributed by atoms with E-state index in [2.05, 4.69) is 10.6 Å². The second kappa shape index (κ2) is 7.32. The number of urea groups is 1. The lowest BCUT2D eigenvalue weighted by Gasteiger charge is -2.30. The summed E-state index contributed by atoms with van der Waals surface area (Å²) >= 11 is 5.70. The molecule has 1 saturated heterocycles. The van der Waals surface area contributed by atoms with Crippen LogP contribution in [0.25, 0.3) is 0 Å². The van der Waals surface area contributed by atoms with Crippen LogP contribution in [0.1, 0.15) is 5.56 Å². The van der Waals surface area contributed by atoms with Crippen molar-refractivity contribution in [2.75, 3.05) is 16.8 Å². The molecule has 0 spiro atoms. The van der Waals surface area contributed by atoms with Crippen molar-refractivity contribution in [1.82, 2.24) is 5.32 Å². The second-order valence-electron chi connectivity index (χ2n) is 5.96. The third kappa shape index (κ3) is 3.75. The van der Waals surface area contributed by atoms with Gasteiger partial charge in [-0.25, -0.2) is 18.5 Å². The Hall–Kier alpha value is -3.00. The maximum Gasteiger partial charge on any atom is 0.328 e. The zero-order valence-corrected chi connectivity index (χ0v) is 14.8. The van der Waals surface area contributed by atoms with Crippen molar-refractivity contribution in [2.45, 2.75) is 6.92 Å². The topological polar surface area (TPSA) is 78.5 Å². The second-order valence-corrected chi connectivity index (χ2v) is 6.37. The van der Waals surface area contributed by atoms with Crippen molar-refractivity contribution in [3.8, 4) is 0 Å². The normalized spacial score (nSPS) is 16.9. The Kier molecular flexibility index (Phi) is 5.09. The number of imide groups is 1. The van der Waals surface area contributed by atoms with Gasteiger partial charge in [-0.2, -0.15) is 0 Å². The highest BCUT2D eigenvalue weighted by Gasteiger charge is 2.39. The molecule has 2 aromatic carbocycles. The van der Waals surface area contributed by atoms with E-state index in [1.807, 2.05) is 0 Å². The molecular weight excluding hydrogens is 380 g/mol. The van der Waals surface area contributed by atoms with Crippen LogP contribution in [0.3, 0.4) is 0 Å². The third-order valence-corrected chi connectivity index (χ3v) is 4.39. The molecule has 0 saturated carbocycles. The zero-order valence-electron chi connectivity index (χ0n) is 14.1. The molecule has 0 aliphatic carbocycles. The van der Waals surface area contributed by atoms with E-state index in [0.29, 0.717) is 5.56 Å². The first-order valence-corrected chi connectivity index (χ1v) is 8.29. The van der Waals surface area contributed by atoms with E-state index in [-0.39, 0.29) is 22.9 Å². The summed E-state index contributed by atoms with van der Waals surface area (Å²) in [6.07, 6.45) is 0. The van der Waals surface area contributed by atoms with Gasteiger partial charge in [0.2, 0.25) is 11.8 Å². The van der Waals surface area contributed by atoms with Crippen LogP contribution in [0.15, 0.2) is 36.4 Å². The first kappa shape index (κ1) is 18.8. The molecule has 2 N–H and O–H groups in total. The van der Waals surface area contributed by atoms with Gasteiger partial charge in [0.25, 0.3) is 0 Å². The Labute approximate surface area is 158 Å². The fraction of sp³-hybridized carbons (Fsp3) is 0.167. The Morgan fingerprint density at radius 3 is 2.59 bits per heavy atom. The lowest BCUT2D eigenvalue weighted by Crippen LogP contribution is -2.58. The zero-order chi connectivity index (χ0) is 19.7. The van der Waals surface area contributed by atoms with Crippen LogP contribution in [0.4, 0.5) is 25.0 Å². The first-order chi connectivity index (χ1) is 12.8. The number of nitrogens with zero attached hydrogens (tertiary/aromatic N) is 1. The molecule has 0 bridgehead atoms. The minimum Gasteiger partial charge on any atom is -0.336 e. The summed E-state index contributed by atoms with van der Waals surface area (Å²) < 4.78 is 27.0. The number of amides is 4. The van der Waals surface area contributed by atoms with Crippen LogP contribution in [0, 0.1) is 24.5 Å². The Bertz CT molecular complexity index is 951. The highest BCUT2D eigenvalue weighted by molar-refractivity contribution is 6.31. The van der Waals surface area contributed by atoms with Gasteiger partial charge in [-0.05, 0) is 42.8 Å². The maximum absolute atomic E-state index is 13.6. The number of carbonyl (C=O) groups excluding carboxylic acids is 3. The minimum atomic E-state index is -1.24. The monoisotopic (exact) mass is 393 g/mol. The Morgan fingerprint density at radius 1 is 1.19 bits per heavy atom. The van der Waals surface area contributed by atoms with Gasteiger partial charge < -0.3 is 10.6 Å². The molecule has 9 heteroatoms. The van der Waals surface area contributed by atoms with Gasteiger partial charge in [0.05, 0.1) is 10.7 Å². The summed E-state index contributed by atoms with van der Waals surface area (Å²) in [6.45, 7) is 1.36. The van der Waals surface area contributed by atoms with E-state index in [4.69, 9.17) is 11.6 Å². The van der Waals surface area contributed by atoms with Gasteiger partial charge in [-0.15, -0.1) is 0 Å². The van der Waals surface area contributed by atoms with Crippen LogP contribution in [-0.2, 0) is 9.59 Å². The minimum absolute atomic E-state index is 0.0304. The van der Waals surface area contributed by atoms with E-state index in [0.717, 1.165) is 23.1 Å². The molecule has 4 amide bonds. The molecule has 1 aliphatic heterocycles. The maximum atomic E-state index is 13.6. The molecule has 2 aromatic rings. The van der Waals surface area contributed by atoms with Gasteiger partial charge >= 0.3 is 6.03 Å². The van der Waals surface area contributed by atoms with Crippen molar-refractivity contribution in [1.29, 1.82) is 0 Å². The number of benzene rings is 2. The van der Waals surface area contributed by atoms with Crippen molar-refractivity contribution in [2.24, 2.45) is 5.92 Å². The molecule has 0 radical (unpaired) electrons. The number of anilines is 2. The Morgan fingerprint density at radius 2 is 1.93 bits per heavy atom. The summed E-state index contributed by atoms with van der Waals surface area (Å²) in [4.78, 5) is 37.9. The van der Waals surface area contributed by atoms with E-state index in [9.17, 15) is 23.2 Å². The number of hydrogen-bond donors (Lipinski definition) is 2. The summed E-state index contributed by atoms with van der Waals surface area (Å²) in [7, 11) is 0. The standard InChI is InChI=1S/C18H14ClF2N3O3/c1-9-2-3-10(6-15(9)21)23-16(25)12-8-22-18(27)24(17(12)26)11-4-5-14(20)13(19)7-11/h2-7,12H,8H2,1H3,(H,22,27)(H,23,25). The smallest absolute Gasteiger partial charge is 0.328 e. The fourth-order valence-electron chi connectivity index (χ4n) is 2.59. The van der Waals surface area contributed by atoms with Crippen molar-refractivity contribution < 1.29 is 23.2 Å². The highest BCUT2D eigenvalue weighted by Crippen LogP contribution is 2.26. The highest BCUT2D eigenvalue weighted by atomic mass is 35.5. The molecule has 3 rings (SSSR count). The van der Waals surface area contributed by atoms with Crippen LogP contribution in [0.2, 0.25) is 5.02 Å². The third-order valence-electron chi connectivity index (χ3n) is 4.10. The molecule has 1 aliphatic rings. The molecule has 6 nitrogen and oxygen atoms in total. The molecule has 1 fully saturated rings. The lowest BCUT2D eigenvalue weighted by molar-refractivity contribution is -0.130. The average Bonchev–Trinajstić information content (AvgIpc) is 2.61. The lowest BCUT2D eigenvalue weighted by atomic mass is 10.0. The first-order valence-electron chi connectivity index (χ1n) is 7.92. The van der Waals surface area contributed by atoms with Gasteiger partial charge in [0, 0.05) is 12.2 Å². The molecule has 0 aromatic heterocycles. The molecule has 140 valence electrons. The summed E-state index contributed by atoms with van der Waals surface area (Å²) in [5.41, 5.74) is 0.625. The largest absolute Gasteiger partial charge is 0.336 e. The van der Waals surface area contributed by atoms with Crippen molar-refractivity contribution >= 4 is 40.8 Å². The van der Waals surface area contributed by atoms with Gasteiger partial charge in [-0.3, -0.25) is 9.59 Å². The van der Waals surface area contributed by atoms with E-state index < -0.39 is 35.4 Å². The number of nitrogens with one attached hydrogen (secondary N) is 2. The van der Waals surface area contributed by atoms with Gasteiger partial charge in [0.1, 0.15) is 17.6 Å². The number of carbonyl (C=O) groups is 3. The predicted octanol–water partition coefficient (Wildman–Crippen LogP) is 3.24. The molecule has 1 unspecified atom stereocenters. The number of hydrogen-bond acceptors (Lipinski definition) is 3. The van der Waals surface area contributed by atoms with Crippen LogP contribution >= 0.6 is 11.6 Å². The van der Waals surface area contributed by atoms with Crippen molar-refractivity contribution in [3.63, 3.8) is 0 Å². The molecule has 1 atom stereocenters. The number of halogens is 3. The van der Waals surface area contributed by atoms with Crippen LogP contribution in [0.5, 0.6) is 0 Å². The summed E-state index contributed by atoms with van der Waals surface area (Å²) in [5.74, 6) is -3.96. The van der Waals surface area contributed by atoms with E-state index in [1.165, 1.54) is 18.2 Å². The summed E-state index contributed by atoms with van der Waals surface area (Å²) in [6, 6.07) is 6.70. The van der Waals surface area contributed by atoms with Crippen LogP contribution < -0.4 is 15.5 Å². The van der Waals surface area contributed by atoms with Gasteiger partial charge in [-0.1, -0.05) is 17.7 Å².